The Labute approximate surface area is 505 Å². The third-order valence-corrected chi connectivity index (χ3v) is 17.8. The molecule has 88 heavy (non-hydrogen) atoms. The summed E-state index contributed by atoms with van der Waals surface area (Å²) in [4.78, 5) is 15.0. The van der Waals surface area contributed by atoms with E-state index in [0.717, 1.165) is 27.9 Å². The highest BCUT2D eigenvalue weighted by Crippen LogP contribution is 2.45. The molecule has 0 amide bonds. The van der Waals surface area contributed by atoms with Gasteiger partial charge in [0.25, 0.3) is 0 Å². The summed E-state index contributed by atoms with van der Waals surface area (Å²) in [5, 5.41) is 12.7. The van der Waals surface area contributed by atoms with Gasteiger partial charge in [0.15, 0.2) is 17.5 Å². The van der Waals surface area contributed by atoms with Crippen LogP contribution in [-0.2, 0) is 0 Å². The summed E-state index contributed by atoms with van der Waals surface area (Å²) in [7, 11) is 0. The lowest BCUT2D eigenvalue weighted by Gasteiger charge is -2.12. The molecular weight excluding hydrogens is 1070 g/mol. The summed E-state index contributed by atoms with van der Waals surface area (Å²) in [6, 6.07) is 110. The number of para-hydroxylation sites is 6. The summed E-state index contributed by atoms with van der Waals surface area (Å²) >= 11 is 0. The van der Waals surface area contributed by atoms with Crippen molar-refractivity contribution in [3.05, 3.63) is 309 Å². The first kappa shape index (κ1) is 49.5. The predicted molar refractivity (Wildman–Crippen MR) is 366 cm³/mol. The van der Waals surface area contributed by atoms with Gasteiger partial charge in [0, 0.05) is 82.2 Å². The van der Waals surface area contributed by atoms with Gasteiger partial charge in [-0.25, -0.2) is 15.0 Å². The maximum atomic E-state index is 5.03. The topological polar surface area (TPSA) is 57.9 Å². The molecule has 7 heteroatoms. The van der Waals surface area contributed by atoms with Crippen LogP contribution in [0.2, 0.25) is 0 Å². The highest BCUT2D eigenvalue weighted by Gasteiger charge is 2.23. The highest BCUT2D eigenvalue weighted by atomic mass is 15.0. The van der Waals surface area contributed by atoms with E-state index in [2.05, 4.69) is 267 Å². The Morgan fingerprint density at radius 1 is 0.193 bits per heavy atom. The lowest BCUT2D eigenvalue weighted by molar-refractivity contribution is 1.07. The molecule has 0 N–H and O–H groups in total. The molecule has 19 aromatic rings. The van der Waals surface area contributed by atoms with Crippen molar-refractivity contribution >= 4 is 104 Å². The molecule has 0 aliphatic carbocycles. The fourth-order valence-corrected chi connectivity index (χ4v) is 14.0. The van der Waals surface area contributed by atoms with E-state index in [1.165, 1.54) is 120 Å². The van der Waals surface area contributed by atoms with Crippen LogP contribution in [0.15, 0.2) is 309 Å². The van der Waals surface area contributed by atoms with E-state index in [9.17, 15) is 0 Å². The molecule has 7 nitrogen and oxygen atoms in total. The predicted octanol–water partition coefficient (Wildman–Crippen LogP) is 20.7. The fourth-order valence-electron chi connectivity index (χ4n) is 14.0. The van der Waals surface area contributed by atoms with Gasteiger partial charge >= 0.3 is 0 Å². The van der Waals surface area contributed by atoms with Gasteiger partial charge in [-0.2, -0.15) is 0 Å². The third kappa shape index (κ3) is 7.67. The highest BCUT2D eigenvalue weighted by molar-refractivity contribution is 6.31. The fraction of sp³-hybridized carbons (Fsp3) is 0. The summed E-state index contributed by atoms with van der Waals surface area (Å²) in [6.45, 7) is 0. The minimum atomic E-state index is 0.637. The molecular formula is C81H51N7. The van der Waals surface area contributed by atoms with Crippen molar-refractivity contribution in [2.24, 2.45) is 0 Å². The molecule has 6 heterocycles. The minimum absolute atomic E-state index is 0.637. The average Bonchev–Trinajstić information content (AvgIpc) is 1.58. The average molecular weight is 1120 g/mol. The van der Waals surface area contributed by atoms with Crippen LogP contribution in [-0.4, -0.2) is 33.1 Å². The SMILES string of the molecule is c1ccc(-c2nc(-c3ccccc3)nc(-c3cccc(-n4c5cccc6c7cccc8c9ccccc9n(c9cccc4c9c65)c78)c3)n2)cc1.c1ccc2c(c1)c1ccccc1n2-c1ccc(-c2ccc(-n3c4ccccc4c4ccccc43)cc2)cc1. The van der Waals surface area contributed by atoms with E-state index in [-0.39, 0.29) is 0 Å². The molecule has 6 aromatic heterocycles. The minimum Gasteiger partial charge on any atom is -0.309 e. The van der Waals surface area contributed by atoms with E-state index in [1.54, 1.807) is 0 Å². The van der Waals surface area contributed by atoms with Crippen LogP contribution in [0.3, 0.4) is 0 Å². The van der Waals surface area contributed by atoms with Crippen molar-refractivity contribution in [1.29, 1.82) is 0 Å². The second-order valence-corrected chi connectivity index (χ2v) is 22.7. The molecule has 0 fully saturated rings. The van der Waals surface area contributed by atoms with Crippen LogP contribution in [0, 0.1) is 0 Å². The summed E-state index contributed by atoms with van der Waals surface area (Å²) in [5.74, 6) is 1.94. The number of benzene rings is 13. The van der Waals surface area contributed by atoms with Crippen molar-refractivity contribution in [3.63, 3.8) is 0 Å². The van der Waals surface area contributed by atoms with E-state index >= 15 is 0 Å². The smallest absolute Gasteiger partial charge is 0.164 e. The Morgan fingerprint density at radius 2 is 0.523 bits per heavy atom. The second kappa shape index (κ2) is 19.8. The molecule has 0 saturated carbocycles. The van der Waals surface area contributed by atoms with Gasteiger partial charge in [-0.15, -0.1) is 0 Å². The number of rotatable bonds is 7. The Kier molecular flexibility index (Phi) is 11.2. The number of hydrogen-bond acceptors (Lipinski definition) is 3. The summed E-state index contributed by atoms with van der Waals surface area (Å²) in [6.07, 6.45) is 0. The molecule has 410 valence electrons. The third-order valence-electron chi connectivity index (χ3n) is 17.8. The van der Waals surface area contributed by atoms with Gasteiger partial charge in [0.1, 0.15) is 0 Å². The van der Waals surface area contributed by atoms with Crippen LogP contribution in [0.5, 0.6) is 0 Å². The zero-order chi connectivity index (χ0) is 57.8. The zero-order valence-corrected chi connectivity index (χ0v) is 47.6. The van der Waals surface area contributed by atoms with Gasteiger partial charge in [0.05, 0.1) is 49.7 Å². The monoisotopic (exact) mass is 1120 g/mol. The first-order chi connectivity index (χ1) is 43.7. The zero-order valence-electron chi connectivity index (χ0n) is 47.6. The largest absolute Gasteiger partial charge is 0.309 e. The lowest BCUT2D eigenvalue weighted by atomic mass is 10.0. The lowest BCUT2D eigenvalue weighted by Crippen LogP contribution is -2.01. The first-order valence-corrected chi connectivity index (χ1v) is 29.9. The van der Waals surface area contributed by atoms with Crippen molar-refractivity contribution in [2.75, 3.05) is 0 Å². The molecule has 0 aliphatic rings. The van der Waals surface area contributed by atoms with Gasteiger partial charge in [0.2, 0.25) is 0 Å². The molecule has 0 saturated heterocycles. The van der Waals surface area contributed by atoms with Gasteiger partial charge in [-0.3, -0.25) is 0 Å². The van der Waals surface area contributed by atoms with Crippen molar-refractivity contribution in [1.82, 2.24) is 33.1 Å². The van der Waals surface area contributed by atoms with Crippen molar-refractivity contribution in [3.8, 4) is 62.4 Å². The van der Waals surface area contributed by atoms with Gasteiger partial charge in [-0.05, 0) is 101 Å². The Bertz CT molecular complexity index is 5590. The van der Waals surface area contributed by atoms with E-state index in [1.807, 2.05) is 60.7 Å². The van der Waals surface area contributed by atoms with Crippen LogP contribution in [0.4, 0.5) is 0 Å². The van der Waals surface area contributed by atoms with Crippen LogP contribution < -0.4 is 0 Å². The van der Waals surface area contributed by atoms with Crippen molar-refractivity contribution in [2.45, 2.75) is 0 Å². The van der Waals surface area contributed by atoms with Crippen LogP contribution in [0.1, 0.15) is 0 Å². The second-order valence-electron chi connectivity index (χ2n) is 22.7. The van der Waals surface area contributed by atoms with Gasteiger partial charge in [-0.1, -0.05) is 224 Å². The maximum absolute atomic E-state index is 5.03. The molecule has 0 radical (unpaired) electrons. The summed E-state index contributed by atoms with van der Waals surface area (Å²) in [5.41, 5.74) is 19.6. The normalized spacial score (nSPS) is 11.9. The van der Waals surface area contributed by atoms with E-state index in [0.29, 0.717) is 17.5 Å². The molecule has 13 aromatic carbocycles. The number of nitrogens with zero attached hydrogens (tertiary/aromatic N) is 7. The maximum Gasteiger partial charge on any atom is 0.164 e. The molecule has 19 rings (SSSR count). The van der Waals surface area contributed by atoms with Crippen LogP contribution in [0.25, 0.3) is 166 Å². The van der Waals surface area contributed by atoms with Crippen molar-refractivity contribution < 1.29 is 0 Å². The molecule has 0 bridgehead atoms. The molecule has 0 unspecified atom stereocenters. The Hall–Kier alpha value is -11.9. The number of hydrogen-bond donors (Lipinski definition) is 0. The Balaban J connectivity index is 0.000000137. The van der Waals surface area contributed by atoms with Gasteiger partial charge < -0.3 is 18.1 Å². The number of aromatic nitrogens is 7. The standard InChI is InChI=1S/C45H27N5.C36H24N2/c1-3-13-28(14-4-1)43-46-44(29-15-5-2-6-16-29)48-45(47-43)30-17-9-18-31(27-30)49-37-24-11-20-33-35-22-10-21-34-32-19-7-8-23-36(32)50(42(34)35)39-26-12-25-38(49)41(39)40(33)37;1-5-13-33-29(9-1)30-10-2-6-14-34(30)37(33)27-21-17-25(18-22-27)26-19-23-28(24-20-26)38-35-15-7-3-11-31(35)32-12-4-8-16-36(32)38/h1-27H;1-24H. The molecule has 0 atom stereocenters. The molecule has 0 spiro atoms. The van der Waals surface area contributed by atoms with E-state index in [4.69, 9.17) is 15.0 Å². The number of fused-ring (bicyclic) bond motifs is 11. The van der Waals surface area contributed by atoms with Crippen LogP contribution >= 0.6 is 0 Å². The quantitative estimate of drug-likeness (QED) is 0.160. The summed E-state index contributed by atoms with van der Waals surface area (Å²) < 4.78 is 9.60. The molecule has 0 aliphatic heterocycles. The first-order valence-electron chi connectivity index (χ1n) is 29.9. The Morgan fingerprint density at radius 3 is 1.03 bits per heavy atom. The van der Waals surface area contributed by atoms with E-state index < -0.39 is 0 Å².